The summed E-state index contributed by atoms with van der Waals surface area (Å²) in [4.78, 5) is 28.1. The van der Waals surface area contributed by atoms with E-state index < -0.39 is 0 Å². The summed E-state index contributed by atoms with van der Waals surface area (Å²) in [7, 11) is 0. The molecule has 0 aliphatic carbocycles. The third kappa shape index (κ3) is 4.52. The molecule has 172 valence electrons. The van der Waals surface area contributed by atoms with Crippen LogP contribution in [0.5, 0.6) is 0 Å². The van der Waals surface area contributed by atoms with E-state index in [1.165, 1.54) is 44.3 Å². The van der Waals surface area contributed by atoms with Crippen LogP contribution in [0, 0.1) is 11.8 Å². The van der Waals surface area contributed by atoms with Crippen LogP contribution < -0.4 is 10.2 Å². The number of nitrogens with one attached hydrogen (secondary N) is 1. The first-order chi connectivity index (χ1) is 15.6. The summed E-state index contributed by atoms with van der Waals surface area (Å²) in [5.41, 5.74) is 2.95. The van der Waals surface area contributed by atoms with E-state index in [-0.39, 0.29) is 11.9 Å². The normalized spacial score (nSPS) is 26.0. The fourth-order valence-electron chi connectivity index (χ4n) is 5.51. The molecule has 2 aromatic heterocycles. The maximum absolute atomic E-state index is 12.3. The second-order valence-electron chi connectivity index (χ2n) is 9.64. The Morgan fingerprint density at radius 3 is 2.78 bits per heavy atom. The van der Waals surface area contributed by atoms with Crippen molar-refractivity contribution in [1.82, 2.24) is 19.8 Å². The molecule has 0 bridgehead atoms. The third-order valence-corrected chi connectivity index (χ3v) is 7.39. The van der Waals surface area contributed by atoms with Crippen molar-refractivity contribution >= 4 is 23.1 Å². The SMILES string of the molecule is C[C@H]1C[C@H](Cc2ccn3ncc(N4CCC(=O)NC4=O)c3c2)CCN1CC1CCOCC1. The lowest BCUT2D eigenvalue weighted by Crippen LogP contribution is -2.49. The molecule has 3 aliphatic rings. The number of amides is 3. The van der Waals surface area contributed by atoms with Gasteiger partial charge in [-0.15, -0.1) is 0 Å². The Labute approximate surface area is 188 Å². The van der Waals surface area contributed by atoms with Gasteiger partial charge in [0, 0.05) is 45.0 Å². The van der Waals surface area contributed by atoms with Gasteiger partial charge in [0.25, 0.3) is 0 Å². The van der Waals surface area contributed by atoms with Crippen LogP contribution >= 0.6 is 0 Å². The smallest absolute Gasteiger partial charge is 0.328 e. The summed E-state index contributed by atoms with van der Waals surface area (Å²) in [5, 5.41) is 6.81. The first-order valence-electron chi connectivity index (χ1n) is 12.0. The number of rotatable bonds is 5. The number of aromatic nitrogens is 2. The Balaban J connectivity index is 1.24. The number of anilines is 1. The van der Waals surface area contributed by atoms with E-state index in [9.17, 15) is 9.59 Å². The van der Waals surface area contributed by atoms with Crippen molar-refractivity contribution in [1.29, 1.82) is 0 Å². The molecule has 2 atom stereocenters. The molecular formula is C24H33N5O3. The number of carbonyl (C=O) groups is 2. The van der Waals surface area contributed by atoms with Gasteiger partial charge in [0.1, 0.15) is 0 Å². The van der Waals surface area contributed by atoms with Crippen LogP contribution in [0.1, 0.15) is 44.6 Å². The zero-order chi connectivity index (χ0) is 22.1. The van der Waals surface area contributed by atoms with Gasteiger partial charge in [0.05, 0.1) is 17.4 Å². The fraction of sp³-hybridized carbons (Fsp3) is 0.625. The second-order valence-corrected chi connectivity index (χ2v) is 9.64. The molecule has 0 radical (unpaired) electrons. The highest BCUT2D eigenvalue weighted by molar-refractivity contribution is 6.07. The maximum atomic E-state index is 12.3. The van der Waals surface area contributed by atoms with Gasteiger partial charge in [-0.3, -0.25) is 15.0 Å². The highest BCUT2D eigenvalue weighted by atomic mass is 16.5. The summed E-state index contributed by atoms with van der Waals surface area (Å²) in [6, 6.07) is 4.54. The zero-order valence-corrected chi connectivity index (χ0v) is 18.8. The summed E-state index contributed by atoms with van der Waals surface area (Å²) < 4.78 is 7.32. The van der Waals surface area contributed by atoms with Crippen LogP contribution in [-0.2, 0) is 16.0 Å². The predicted molar refractivity (Wildman–Crippen MR) is 122 cm³/mol. The van der Waals surface area contributed by atoms with Crippen molar-refractivity contribution in [3.8, 4) is 0 Å². The van der Waals surface area contributed by atoms with Gasteiger partial charge in [-0.25, -0.2) is 9.31 Å². The van der Waals surface area contributed by atoms with E-state index in [0.29, 0.717) is 24.9 Å². The van der Waals surface area contributed by atoms with Crippen molar-refractivity contribution in [3.05, 3.63) is 30.1 Å². The number of likely N-dealkylation sites (tertiary alicyclic amines) is 1. The molecule has 0 aromatic carbocycles. The van der Waals surface area contributed by atoms with Gasteiger partial charge in [-0.05, 0) is 75.1 Å². The quantitative estimate of drug-likeness (QED) is 0.775. The number of urea groups is 1. The molecule has 3 amide bonds. The van der Waals surface area contributed by atoms with Crippen LogP contribution in [0.25, 0.3) is 5.52 Å². The van der Waals surface area contributed by atoms with Crippen molar-refractivity contribution < 1.29 is 14.3 Å². The Kier molecular flexibility index (Phi) is 6.15. The molecular weight excluding hydrogens is 406 g/mol. The summed E-state index contributed by atoms with van der Waals surface area (Å²) in [5.74, 6) is 1.23. The van der Waals surface area contributed by atoms with Crippen molar-refractivity contribution in [2.45, 2.75) is 51.5 Å². The topological polar surface area (TPSA) is 79.2 Å². The number of fused-ring (bicyclic) bond motifs is 1. The molecule has 3 saturated heterocycles. The number of pyridine rings is 1. The van der Waals surface area contributed by atoms with Crippen LogP contribution in [0.2, 0.25) is 0 Å². The number of hydrogen-bond acceptors (Lipinski definition) is 5. The zero-order valence-electron chi connectivity index (χ0n) is 18.8. The van der Waals surface area contributed by atoms with Crippen molar-refractivity contribution in [3.63, 3.8) is 0 Å². The molecule has 8 heteroatoms. The average Bonchev–Trinajstić information content (AvgIpc) is 3.19. The van der Waals surface area contributed by atoms with E-state index in [1.54, 1.807) is 11.1 Å². The van der Waals surface area contributed by atoms with Gasteiger partial charge in [-0.1, -0.05) is 0 Å². The van der Waals surface area contributed by atoms with Crippen molar-refractivity contribution in [2.24, 2.45) is 11.8 Å². The second kappa shape index (κ2) is 9.19. The number of ether oxygens (including phenoxy) is 1. The minimum Gasteiger partial charge on any atom is -0.381 e. The first kappa shape index (κ1) is 21.4. The van der Waals surface area contributed by atoms with E-state index in [0.717, 1.165) is 36.8 Å². The van der Waals surface area contributed by atoms with E-state index >= 15 is 0 Å². The Hall–Kier alpha value is -2.45. The molecule has 0 unspecified atom stereocenters. The molecule has 5 rings (SSSR count). The van der Waals surface area contributed by atoms with Crippen LogP contribution in [-0.4, -0.2) is 65.3 Å². The standard InChI is InChI=1S/C24H33N5O3/c1-17-12-19(2-7-27(17)16-18-5-10-32-11-6-18)13-20-3-9-29-21(14-20)22(15-25-29)28-8-4-23(30)26-24(28)31/h3,9,14-15,17-19H,2,4-8,10-13,16H2,1H3,(H,26,30,31)/t17-,19+/m0/s1. The van der Waals surface area contributed by atoms with Crippen LogP contribution in [0.3, 0.4) is 0 Å². The lowest BCUT2D eigenvalue weighted by molar-refractivity contribution is -0.120. The highest BCUT2D eigenvalue weighted by Gasteiger charge is 2.29. The van der Waals surface area contributed by atoms with Gasteiger partial charge < -0.3 is 9.64 Å². The van der Waals surface area contributed by atoms with Crippen molar-refractivity contribution in [2.75, 3.05) is 37.7 Å². The lowest BCUT2D eigenvalue weighted by Gasteiger charge is -2.40. The number of nitrogens with zero attached hydrogens (tertiary/aromatic N) is 4. The maximum Gasteiger partial charge on any atom is 0.328 e. The number of hydrogen-bond donors (Lipinski definition) is 1. The molecule has 2 aromatic rings. The molecule has 3 fully saturated rings. The minimum atomic E-state index is -0.368. The highest BCUT2D eigenvalue weighted by Crippen LogP contribution is 2.30. The van der Waals surface area contributed by atoms with E-state index in [1.807, 2.05) is 10.7 Å². The largest absolute Gasteiger partial charge is 0.381 e. The fourth-order valence-corrected chi connectivity index (χ4v) is 5.51. The number of imide groups is 1. The molecule has 32 heavy (non-hydrogen) atoms. The monoisotopic (exact) mass is 439 g/mol. The van der Waals surface area contributed by atoms with Gasteiger partial charge in [0.15, 0.2) is 0 Å². The van der Waals surface area contributed by atoms with Gasteiger partial charge >= 0.3 is 6.03 Å². The molecule has 0 spiro atoms. The summed E-state index contributed by atoms with van der Waals surface area (Å²) in [6.45, 7) is 6.99. The average molecular weight is 440 g/mol. The van der Waals surface area contributed by atoms with Gasteiger partial charge in [-0.2, -0.15) is 5.10 Å². The molecule has 8 nitrogen and oxygen atoms in total. The molecule has 5 heterocycles. The minimum absolute atomic E-state index is 0.222. The van der Waals surface area contributed by atoms with Crippen LogP contribution in [0.15, 0.2) is 24.5 Å². The number of piperidine rings is 1. The predicted octanol–water partition coefficient (Wildman–Crippen LogP) is 2.85. The summed E-state index contributed by atoms with van der Waals surface area (Å²) in [6.07, 6.45) is 9.89. The Morgan fingerprint density at radius 1 is 1.16 bits per heavy atom. The Morgan fingerprint density at radius 2 is 2.00 bits per heavy atom. The molecule has 3 aliphatic heterocycles. The lowest BCUT2D eigenvalue weighted by atomic mass is 9.85. The summed E-state index contributed by atoms with van der Waals surface area (Å²) >= 11 is 0. The van der Waals surface area contributed by atoms with E-state index in [2.05, 4.69) is 34.4 Å². The van der Waals surface area contributed by atoms with Crippen LogP contribution in [0.4, 0.5) is 10.5 Å². The van der Waals surface area contributed by atoms with E-state index in [4.69, 9.17) is 4.74 Å². The first-order valence-corrected chi connectivity index (χ1v) is 12.0. The third-order valence-electron chi connectivity index (χ3n) is 7.39. The molecule has 1 N–H and O–H groups in total. The number of carbonyl (C=O) groups excluding carboxylic acids is 2. The van der Waals surface area contributed by atoms with Gasteiger partial charge in [0.2, 0.25) is 5.91 Å². The molecule has 0 saturated carbocycles. The Bertz CT molecular complexity index is 983.